The maximum Gasteiger partial charge on any atom is 0.171 e. The largest absolute Gasteiger partial charge is 0.339 e. The molecule has 0 saturated heterocycles. The lowest BCUT2D eigenvalue weighted by molar-refractivity contribution is 0.629. The second-order valence-corrected chi connectivity index (χ2v) is 4.46. The highest BCUT2D eigenvalue weighted by molar-refractivity contribution is 7.99. The number of imidazole rings is 1. The van der Waals surface area contributed by atoms with E-state index in [0.29, 0.717) is 0 Å². The number of halogens is 1. The summed E-state index contributed by atoms with van der Waals surface area (Å²) in [6.45, 7) is 0. The minimum Gasteiger partial charge on any atom is -0.339 e. The van der Waals surface area contributed by atoms with Crippen LogP contribution >= 0.6 is 11.8 Å². The van der Waals surface area contributed by atoms with Crippen LogP contribution in [0.5, 0.6) is 0 Å². The van der Waals surface area contributed by atoms with Gasteiger partial charge in [0.1, 0.15) is 10.8 Å². The van der Waals surface area contributed by atoms with Gasteiger partial charge < -0.3 is 4.98 Å². The lowest BCUT2D eigenvalue weighted by atomic mass is 10.2. The Morgan fingerprint density at radius 2 is 2.06 bits per heavy atom. The number of aromatic amines is 1. The highest BCUT2D eigenvalue weighted by Gasteiger charge is 2.06. The molecule has 0 unspecified atom stereocenters. The van der Waals surface area contributed by atoms with Gasteiger partial charge in [-0.2, -0.15) is 0 Å². The third-order valence-corrected chi connectivity index (χ3v) is 3.29. The third kappa shape index (κ3) is 2.01. The van der Waals surface area contributed by atoms with Gasteiger partial charge in [-0.15, -0.1) is 0 Å². The van der Waals surface area contributed by atoms with E-state index >= 15 is 0 Å². The molecule has 5 heteroatoms. The molecule has 0 aliphatic rings. The normalized spacial score (nSPS) is 10.9. The average molecular weight is 245 g/mol. The van der Waals surface area contributed by atoms with Crippen LogP contribution < -0.4 is 0 Å². The Morgan fingerprint density at radius 3 is 2.88 bits per heavy atom. The first-order chi connectivity index (χ1) is 8.33. The fourth-order valence-electron chi connectivity index (χ4n) is 1.59. The van der Waals surface area contributed by atoms with Gasteiger partial charge in [-0.3, -0.25) is 0 Å². The van der Waals surface area contributed by atoms with Crippen LogP contribution in [-0.2, 0) is 0 Å². The number of fused-ring (bicyclic) bond motifs is 1. The van der Waals surface area contributed by atoms with Crippen molar-refractivity contribution in [2.75, 3.05) is 0 Å². The molecule has 3 rings (SSSR count). The molecule has 0 aliphatic heterocycles. The number of hydrogen-bond acceptors (Lipinski definition) is 3. The predicted molar refractivity (Wildman–Crippen MR) is 64.4 cm³/mol. The van der Waals surface area contributed by atoms with Crippen LogP contribution in [0.1, 0.15) is 0 Å². The van der Waals surface area contributed by atoms with Crippen molar-refractivity contribution in [3.05, 3.63) is 48.7 Å². The topological polar surface area (TPSA) is 41.6 Å². The van der Waals surface area contributed by atoms with Crippen molar-refractivity contribution >= 4 is 22.5 Å². The molecule has 0 fully saturated rings. The summed E-state index contributed by atoms with van der Waals surface area (Å²) >= 11 is 1.39. The lowest BCUT2D eigenvalue weighted by Gasteiger charge is -2.03. The molecule has 2 heterocycles. The van der Waals surface area contributed by atoms with Gasteiger partial charge in [-0.25, -0.2) is 14.4 Å². The van der Waals surface area contributed by atoms with Crippen LogP contribution in [0.25, 0.3) is 10.8 Å². The van der Waals surface area contributed by atoms with Gasteiger partial charge in [0.15, 0.2) is 5.16 Å². The Kier molecular flexibility index (Phi) is 2.53. The highest BCUT2D eigenvalue weighted by Crippen LogP contribution is 2.29. The van der Waals surface area contributed by atoms with Crippen molar-refractivity contribution in [3.63, 3.8) is 0 Å². The second-order valence-electron chi connectivity index (χ2n) is 3.48. The second kappa shape index (κ2) is 4.18. The van der Waals surface area contributed by atoms with Gasteiger partial charge in [0.2, 0.25) is 0 Å². The molecule has 2 aromatic heterocycles. The summed E-state index contributed by atoms with van der Waals surface area (Å²) in [5.74, 6) is -0.258. The minimum atomic E-state index is -0.258. The summed E-state index contributed by atoms with van der Waals surface area (Å²) in [5, 5.41) is 3.26. The average Bonchev–Trinajstić information content (AvgIpc) is 2.83. The molecule has 17 heavy (non-hydrogen) atoms. The van der Waals surface area contributed by atoms with Crippen molar-refractivity contribution < 1.29 is 4.39 Å². The molecule has 0 amide bonds. The molecule has 0 spiro atoms. The molecule has 1 aromatic carbocycles. The van der Waals surface area contributed by atoms with E-state index in [0.717, 1.165) is 21.0 Å². The summed E-state index contributed by atoms with van der Waals surface area (Å²) < 4.78 is 13.2. The number of benzene rings is 1. The van der Waals surface area contributed by atoms with E-state index in [1.165, 1.54) is 23.9 Å². The molecule has 3 aromatic rings. The first kappa shape index (κ1) is 10.3. The summed E-state index contributed by atoms with van der Waals surface area (Å²) in [7, 11) is 0. The lowest BCUT2D eigenvalue weighted by Crippen LogP contribution is -1.85. The first-order valence-corrected chi connectivity index (χ1v) is 5.86. The maximum absolute atomic E-state index is 13.2. The van der Waals surface area contributed by atoms with Crippen molar-refractivity contribution in [1.82, 2.24) is 15.0 Å². The summed E-state index contributed by atoms with van der Waals surface area (Å²) in [5.41, 5.74) is 0. The summed E-state index contributed by atoms with van der Waals surface area (Å²) in [6, 6.07) is 6.55. The SMILES string of the molecule is Fc1ccc2ccnc(Sc3ncc[nH]3)c2c1. The minimum absolute atomic E-state index is 0.258. The van der Waals surface area contributed by atoms with E-state index < -0.39 is 0 Å². The molecule has 0 saturated carbocycles. The van der Waals surface area contributed by atoms with Crippen LogP contribution in [0, 0.1) is 5.82 Å². The number of nitrogens with one attached hydrogen (secondary N) is 1. The number of H-pyrrole nitrogens is 1. The van der Waals surface area contributed by atoms with Gasteiger partial charge in [-0.1, -0.05) is 6.07 Å². The molecular formula is C12H8FN3S. The Labute approximate surface area is 101 Å². The molecule has 0 aliphatic carbocycles. The zero-order valence-corrected chi connectivity index (χ0v) is 9.54. The predicted octanol–water partition coefficient (Wildman–Crippen LogP) is 3.25. The van der Waals surface area contributed by atoms with Crippen molar-refractivity contribution in [2.24, 2.45) is 0 Å². The van der Waals surface area contributed by atoms with Crippen LogP contribution in [0.4, 0.5) is 4.39 Å². The standard InChI is InChI=1S/C12H8FN3S/c13-9-2-1-8-3-4-14-11(10(8)7-9)17-12-15-5-6-16-12/h1-7H,(H,15,16). The highest BCUT2D eigenvalue weighted by atomic mass is 32.2. The van der Waals surface area contributed by atoms with Crippen LogP contribution in [0.15, 0.2) is 53.0 Å². The molecule has 1 N–H and O–H groups in total. The first-order valence-electron chi connectivity index (χ1n) is 5.04. The number of rotatable bonds is 2. The zero-order valence-electron chi connectivity index (χ0n) is 8.72. The van der Waals surface area contributed by atoms with E-state index in [2.05, 4.69) is 15.0 Å². The van der Waals surface area contributed by atoms with Gasteiger partial charge in [0.25, 0.3) is 0 Å². The number of aromatic nitrogens is 3. The van der Waals surface area contributed by atoms with Crippen LogP contribution in [0.3, 0.4) is 0 Å². The quantitative estimate of drug-likeness (QED) is 0.753. The van der Waals surface area contributed by atoms with Crippen LogP contribution in [-0.4, -0.2) is 15.0 Å². The Morgan fingerprint density at radius 1 is 1.12 bits per heavy atom. The monoisotopic (exact) mass is 245 g/mol. The van der Waals surface area contributed by atoms with Crippen LogP contribution in [0.2, 0.25) is 0 Å². The van der Waals surface area contributed by atoms with E-state index in [1.54, 1.807) is 24.7 Å². The van der Waals surface area contributed by atoms with Gasteiger partial charge in [0, 0.05) is 24.0 Å². The number of pyridine rings is 1. The fourth-order valence-corrected chi connectivity index (χ4v) is 2.42. The van der Waals surface area contributed by atoms with E-state index in [1.807, 2.05) is 6.07 Å². The van der Waals surface area contributed by atoms with Gasteiger partial charge in [-0.05, 0) is 35.3 Å². The van der Waals surface area contributed by atoms with Crippen molar-refractivity contribution in [1.29, 1.82) is 0 Å². The van der Waals surface area contributed by atoms with Gasteiger partial charge in [0.05, 0.1) is 0 Å². The summed E-state index contributed by atoms with van der Waals surface area (Å²) in [6.07, 6.45) is 5.13. The Hall–Kier alpha value is -1.88. The smallest absolute Gasteiger partial charge is 0.171 e. The zero-order chi connectivity index (χ0) is 11.7. The molecule has 0 atom stereocenters. The third-order valence-electron chi connectivity index (χ3n) is 2.36. The van der Waals surface area contributed by atoms with E-state index in [4.69, 9.17) is 0 Å². The number of hydrogen-bond donors (Lipinski definition) is 1. The molecule has 3 nitrogen and oxygen atoms in total. The molecule has 84 valence electrons. The molecular weight excluding hydrogens is 237 g/mol. The van der Waals surface area contributed by atoms with Gasteiger partial charge >= 0.3 is 0 Å². The van der Waals surface area contributed by atoms with E-state index in [-0.39, 0.29) is 5.82 Å². The fraction of sp³-hybridized carbons (Fsp3) is 0. The van der Waals surface area contributed by atoms with Crippen molar-refractivity contribution in [2.45, 2.75) is 10.2 Å². The molecule has 0 radical (unpaired) electrons. The van der Waals surface area contributed by atoms with Crippen molar-refractivity contribution in [3.8, 4) is 0 Å². The Balaban J connectivity index is 2.12. The number of nitrogens with zero attached hydrogens (tertiary/aromatic N) is 2. The maximum atomic E-state index is 13.2. The molecule has 0 bridgehead atoms. The summed E-state index contributed by atoms with van der Waals surface area (Å²) in [4.78, 5) is 11.4. The Bertz CT molecular complexity index is 652. The van der Waals surface area contributed by atoms with E-state index in [9.17, 15) is 4.39 Å².